The van der Waals surface area contributed by atoms with Gasteiger partial charge in [-0.3, -0.25) is 9.69 Å². The third-order valence-electron chi connectivity index (χ3n) is 3.41. The van der Waals surface area contributed by atoms with Gasteiger partial charge in [0.15, 0.2) is 0 Å². The first-order valence-corrected chi connectivity index (χ1v) is 5.26. The minimum Gasteiger partial charge on any atom is -0.481 e. The van der Waals surface area contributed by atoms with E-state index < -0.39 is 5.97 Å². The first kappa shape index (κ1) is 11.8. The zero-order valence-electron chi connectivity index (χ0n) is 8.32. The van der Waals surface area contributed by atoms with Crippen molar-refractivity contribution in [2.75, 3.05) is 13.1 Å². The topological polar surface area (TPSA) is 40.5 Å². The molecular formula is C10H18ClNO2. The van der Waals surface area contributed by atoms with Crippen LogP contribution in [0.5, 0.6) is 0 Å². The molecule has 2 fully saturated rings. The molecular weight excluding hydrogens is 202 g/mol. The van der Waals surface area contributed by atoms with Gasteiger partial charge in [0.1, 0.15) is 0 Å². The molecule has 4 heteroatoms. The Morgan fingerprint density at radius 2 is 1.86 bits per heavy atom. The summed E-state index contributed by atoms with van der Waals surface area (Å²) in [5.74, 6) is -0.675. The van der Waals surface area contributed by atoms with Crippen molar-refractivity contribution in [3.63, 3.8) is 0 Å². The fourth-order valence-corrected chi connectivity index (χ4v) is 2.74. The molecule has 0 aliphatic carbocycles. The number of halogens is 1. The van der Waals surface area contributed by atoms with Crippen LogP contribution in [0.4, 0.5) is 0 Å². The lowest BCUT2D eigenvalue weighted by atomic mass is 9.84. The van der Waals surface area contributed by atoms with Crippen LogP contribution in [0.3, 0.4) is 0 Å². The number of carbonyl (C=O) groups is 1. The maximum absolute atomic E-state index is 11.0. The molecule has 2 heterocycles. The van der Waals surface area contributed by atoms with Crippen molar-refractivity contribution in [1.29, 1.82) is 0 Å². The minimum atomic E-state index is -0.586. The second-order valence-corrected chi connectivity index (χ2v) is 4.19. The van der Waals surface area contributed by atoms with Gasteiger partial charge >= 0.3 is 5.97 Å². The molecule has 0 amide bonds. The lowest BCUT2D eigenvalue weighted by Crippen LogP contribution is -2.50. The third kappa shape index (κ3) is 2.20. The van der Waals surface area contributed by atoms with Crippen LogP contribution in [-0.4, -0.2) is 35.1 Å². The van der Waals surface area contributed by atoms with Crippen molar-refractivity contribution < 1.29 is 9.90 Å². The molecule has 0 saturated carbocycles. The maximum atomic E-state index is 11.0. The molecule has 2 atom stereocenters. The molecule has 2 aliphatic rings. The van der Waals surface area contributed by atoms with Crippen LogP contribution in [-0.2, 0) is 4.79 Å². The second-order valence-electron chi connectivity index (χ2n) is 4.19. The average molecular weight is 220 g/mol. The van der Waals surface area contributed by atoms with Crippen molar-refractivity contribution in [3.05, 3.63) is 0 Å². The van der Waals surface area contributed by atoms with Crippen LogP contribution in [0, 0.1) is 5.92 Å². The van der Waals surface area contributed by atoms with Crippen LogP contribution in [0.25, 0.3) is 0 Å². The van der Waals surface area contributed by atoms with Gasteiger partial charge in [0.05, 0.1) is 5.92 Å². The lowest BCUT2D eigenvalue weighted by molar-refractivity contribution is -0.146. The molecule has 1 N–H and O–H groups in total. The zero-order chi connectivity index (χ0) is 9.26. The Bertz CT molecular complexity index is 208. The van der Waals surface area contributed by atoms with E-state index in [1.54, 1.807) is 0 Å². The molecule has 2 unspecified atom stereocenters. The lowest BCUT2D eigenvalue weighted by Gasteiger charge is -2.42. The van der Waals surface area contributed by atoms with Crippen LogP contribution in [0.1, 0.15) is 32.1 Å². The maximum Gasteiger partial charge on any atom is 0.308 e. The fourth-order valence-electron chi connectivity index (χ4n) is 2.74. The summed E-state index contributed by atoms with van der Waals surface area (Å²) in [5.41, 5.74) is 0. The van der Waals surface area contributed by atoms with Gasteiger partial charge in [-0.25, -0.2) is 0 Å². The summed E-state index contributed by atoms with van der Waals surface area (Å²) in [4.78, 5) is 13.4. The third-order valence-corrected chi connectivity index (χ3v) is 3.41. The Hall–Kier alpha value is -0.280. The second kappa shape index (κ2) is 4.99. The van der Waals surface area contributed by atoms with Gasteiger partial charge in [-0.05, 0) is 38.8 Å². The van der Waals surface area contributed by atoms with Crippen molar-refractivity contribution in [2.24, 2.45) is 5.92 Å². The highest BCUT2D eigenvalue weighted by Gasteiger charge is 2.36. The highest BCUT2D eigenvalue weighted by molar-refractivity contribution is 5.85. The number of piperidine rings is 2. The Labute approximate surface area is 90.9 Å². The smallest absolute Gasteiger partial charge is 0.308 e. The number of nitrogens with zero attached hydrogens (tertiary/aromatic N) is 1. The van der Waals surface area contributed by atoms with Gasteiger partial charge in [0.25, 0.3) is 0 Å². The fraction of sp³-hybridized carbons (Fsp3) is 0.900. The summed E-state index contributed by atoms with van der Waals surface area (Å²) >= 11 is 0. The normalized spacial score (nSPS) is 32.9. The predicted octanol–water partition coefficient (Wildman–Crippen LogP) is 1.76. The monoisotopic (exact) mass is 219 g/mol. The van der Waals surface area contributed by atoms with Gasteiger partial charge in [-0.1, -0.05) is 6.42 Å². The van der Waals surface area contributed by atoms with E-state index in [2.05, 4.69) is 4.90 Å². The first-order chi connectivity index (χ1) is 6.29. The number of aliphatic carboxylic acids is 1. The van der Waals surface area contributed by atoms with E-state index >= 15 is 0 Å². The van der Waals surface area contributed by atoms with E-state index in [0.29, 0.717) is 6.04 Å². The van der Waals surface area contributed by atoms with E-state index in [0.717, 1.165) is 32.4 Å². The summed E-state index contributed by atoms with van der Waals surface area (Å²) in [6, 6.07) is 0.347. The van der Waals surface area contributed by atoms with Crippen LogP contribution < -0.4 is 0 Å². The van der Waals surface area contributed by atoms with Crippen LogP contribution in [0.15, 0.2) is 0 Å². The number of hydrogen-bond donors (Lipinski definition) is 1. The summed E-state index contributed by atoms with van der Waals surface area (Å²) in [6.07, 6.45) is 5.51. The van der Waals surface area contributed by atoms with E-state index in [9.17, 15) is 4.79 Å². The van der Waals surface area contributed by atoms with Crippen LogP contribution >= 0.6 is 12.4 Å². The van der Waals surface area contributed by atoms with Gasteiger partial charge < -0.3 is 5.11 Å². The zero-order valence-corrected chi connectivity index (χ0v) is 9.13. The molecule has 2 aliphatic heterocycles. The Kier molecular flexibility index (Phi) is 4.20. The molecule has 0 bridgehead atoms. The van der Waals surface area contributed by atoms with Crippen molar-refractivity contribution in [3.8, 4) is 0 Å². The number of carboxylic acid groups (broad SMARTS) is 1. The first-order valence-electron chi connectivity index (χ1n) is 5.26. The molecule has 0 aromatic rings. The molecule has 2 saturated heterocycles. The molecule has 14 heavy (non-hydrogen) atoms. The molecule has 0 aromatic heterocycles. The number of hydrogen-bond acceptors (Lipinski definition) is 2. The Morgan fingerprint density at radius 1 is 1.14 bits per heavy atom. The highest BCUT2D eigenvalue weighted by atomic mass is 35.5. The number of carboxylic acids is 1. The van der Waals surface area contributed by atoms with Gasteiger partial charge in [0, 0.05) is 6.04 Å². The number of rotatable bonds is 1. The SMILES string of the molecule is Cl.O=C(O)C1CCCN2CCCCC12. The Balaban J connectivity index is 0.000000980. The summed E-state index contributed by atoms with van der Waals surface area (Å²) < 4.78 is 0. The van der Waals surface area contributed by atoms with E-state index in [1.807, 2.05) is 0 Å². The predicted molar refractivity (Wildman–Crippen MR) is 56.8 cm³/mol. The van der Waals surface area contributed by atoms with E-state index in [4.69, 9.17) is 5.11 Å². The van der Waals surface area contributed by atoms with Gasteiger partial charge in [-0.2, -0.15) is 0 Å². The molecule has 0 radical (unpaired) electrons. The quantitative estimate of drug-likeness (QED) is 0.731. The van der Waals surface area contributed by atoms with E-state index in [-0.39, 0.29) is 18.3 Å². The molecule has 82 valence electrons. The summed E-state index contributed by atoms with van der Waals surface area (Å²) in [5, 5.41) is 9.05. The van der Waals surface area contributed by atoms with Crippen molar-refractivity contribution >= 4 is 18.4 Å². The summed E-state index contributed by atoms with van der Waals surface area (Å²) in [6.45, 7) is 2.24. The van der Waals surface area contributed by atoms with Crippen LogP contribution in [0.2, 0.25) is 0 Å². The van der Waals surface area contributed by atoms with Gasteiger partial charge in [0.2, 0.25) is 0 Å². The molecule has 3 nitrogen and oxygen atoms in total. The molecule has 2 rings (SSSR count). The average Bonchev–Trinajstić information content (AvgIpc) is 2.17. The van der Waals surface area contributed by atoms with Gasteiger partial charge in [-0.15, -0.1) is 12.4 Å². The largest absolute Gasteiger partial charge is 0.481 e. The standard InChI is InChI=1S/C10H17NO2.ClH/c12-10(13)8-4-3-7-11-6-2-1-5-9(8)11;/h8-9H,1-7H2,(H,12,13);1H. The molecule has 0 spiro atoms. The van der Waals surface area contributed by atoms with E-state index in [1.165, 1.54) is 12.8 Å². The van der Waals surface area contributed by atoms with Crippen molar-refractivity contribution in [1.82, 2.24) is 4.90 Å². The van der Waals surface area contributed by atoms with Crippen molar-refractivity contribution in [2.45, 2.75) is 38.1 Å². The Morgan fingerprint density at radius 3 is 2.57 bits per heavy atom. The minimum absolute atomic E-state index is 0. The number of fused-ring (bicyclic) bond motifs is 1. The molecule has 0 aromatic carbocycles. The summed E-state index contributed by atoms with van der Waals surface area (Å²) in [7, 11) is 0. The highest BCUT2D eigenvalue weighted by Crippen LogP contribution is 2.30.